The molecule has 6 aromatic rings. The van der Waals surface area contributed by atoms with Crippen LogP contribution >= 0.6 is 0 Å². The van der Waals surface area contributed by atoms with E-state index in [1.807, 2.05) is 81.1 Å². The van der Waals surface area contributed by atoms with Gasteiger partial charge >= 0.3 is 0 Å². The Bertz CT molecular complexity index is 2550. The van der Waals surface area contributed by atoms with Crippen molar-refractivity contribution in [3.8, 4) is 22.5 Å². The van der Waals surface area contributed by atoms with Gasteiger partial charge in [0.1, 0.15) is 52.4 Å². The number of hydrogen-bond acceptors (Lipinski definition) is 8. The molecule has 1 aliphatic carbocycles. The van der Waals surface area contributed by atoms with Gasteiger partial charge in [-0.3, -0.25) is 9.59 Å². The fourth-order valence-corrected chi connectivity index (χ4v) is 8.39. The predicted molar refractivity (Wildman–Crippen MR) is 239 cm³/mol. The minimum Gasteiger partial charge on any atom is -0.392 e. The number of carbonyl (C=O) groups is 2. The van der Waals surface area contributed by atoms with Crippen molar-refractivity contribution in [2.45, 2.75) is 85.3 Å². The number of hydrogen-bond donors (Lipinski definition) is 4. The monoisotopic (exact) mass is 856 g/mol. The summed E-state index contributed by atoms with van der Waals surface area (Å²) in [7, 11) is 0. The summed E-state index contributed by atoms with van der Waals surface area (Å²) >= 11 is 0. The summed E-state index contributed by atoms with van der Waals surface area (Å²) in [4.78, 5) is 38.8. The average Bonchev–Trinajstić information content (AvgIpc) is 3.99. The lowest BCUT2D eigenvalue weighted by Crippen LogP contribution is -2.45. The summed E-state index contributed by atoms with van der Waals surface area (Å²) in [6.07, 6.45) is 0.754. The van der Waals surface area contributed by atoms with Crippen molar-refractivity contribution in [1.82, 2.24) is 28.9 Å². The summed E-state index contributed by atoms with van der Waals surface area (Å²) < 4.78 is 31.2. The van der Waals surface area contributed by atoms with Gasteiger partial charge in [-0.2, -0.15) is 0 Å². The Morgan fingerprint density at radius 3 is 1.52 bits per heavy atom. The van der Waals surface area contributed by atoms with Crippen LogP contribution in [0.15, 0.2) is 97.1 Å². The van der Waals surface area contributed by atoms with Crippen molar-refractivity contribution in [2.24, 2.45) is 11.8 Å². The maximum absolute atomic E-state index is 13.5. The number of benzene rings is 4. The van der Waals surface area contributed by atoms with Crippen LogP contribution in [0.5, 0.6) is 0 Å². The van der Waals surface area contributed by atoms with Gasteiger partial charge in [0, 0.05) is 48.7 Å². The lowest BCUT2D eigenvalue weighted by molar-refractivity contribution is -0.144. The highest BCUT2D eigenvalue weighted by Crippen LogP contribution is 2.36. The highest BCUT2D eigenvalue weighted by atomic mass is 19.1. The second-order valence-corrected chi connectivity index (χ2v) is 17.1. The van der Waals surface area contributed by atoms with Gasteiger partial charge in [-0.05, 0) is 112 Å². The zero-order valence-corrected chi connectivity index (χ0v) is 36.1. The topological polar surface area (TPSA) is 141 Å². The van der Waals surface area contributed by atoms with Gasteiger partial charge in [-0.1, -0.05) is 49.2 Å². The van der Waals surface area contributed by atoms with Crippen molar-refractivity contribution in [2.75, 3.05) is 23.7 Å². The van der Waals surface area contributed by atoms with Crippen LogP contribution in [0.2, 0.25) is 0 Å². The molecule has 3 atom stereocenters. The molecular formula is C49H54F2N8O4. The van der Waals surface area contributed by atoms with Gasteiger partial charge in [0.05, 0.1) is 25.1 Å². The molecule has 63 heavy (non-hydrogen) atoms. The number of aliphatic hydroxyl groups excluding tert-OH is 2. The van der Waals surface area contributed by atoms with Crippen LogP contribution in [0.25, 0.3) is 22.5 Å². The Balaban J connectivity index is 0.000000173. The van der Waals surface area contributed by atoms with Crippen molar-refractivity contribution in [3.63, 3.8) is 0 Å². The lowest BCUT2D eigenvalue weighted by atomic mass is 10.0. The quantitative estimate of drug-likeness (QED) is 0.114. The number of halogens is 2. The van der Waals surface area contributed by atoms with E-state index in [0.717, 1.165) is 69.9 Å². The molecule has 0 saturated heterocycles. The number of amides is 2. The number of fused-ring (bicyclic) bond motifs is 2. The molecule has 4 aromatic carbocycles. The number of rotatable bonds is 9. The molecule has 2 amide bonds. The van der Waals surface area contributed by atoms with Crippen LogP contribution < -0.4 is 10.6 Å². The van der Waals surface area contributed by atoms with Crippen molar-refractivity contribution in [3.05, 3.63) is 131 Å². The van der Waals surface area contributed by atoms with Crippen LogP contribution in [-0.2, 0) is 35.8 Å². The summed E-state index contributed by atoms with van der Waals surface area (Å²) in [5.74, 6) is 1.83. The second kappa shape index (κ2) is 18.5. The molecule has 0 radical (unpaired) electrons. The number of nitrogens with one attached hydrogen (secondary N) is 2. The summed E-state index contributed by atoms with van der Waals surface area (Å²) in [6, 6.07) is 28.7. The van der Waals surface area contributed by atoms with E-state index < -0.39 is 12.2 Å². The van der Waals surface area contributed by atoms with Gasteiger partial charge in [0.15, 0.2) is 0 Å². The minimum absolute atomic E-state index is 0.0145. The number of nitrogens with zero attached hydrogens (tertiary/aromatic N) is 6. The third-order valence-corrected chi connectivity index (χ3v) is 12.1. The van der Waals surface area contributed by atoms with Crippen molar-refractivity contribution in [1.29, 1.82) is 0 Å². The summed E-state index contributed by atoms with van der Waals surface area (Å²) in [6.45, 7) is 10.6. The maximum Gasteiger partial charge on any atom is 0.252 e. The first kappa shape index (κ1) is 43.3. The first-order valence-electron chi connectivity index (χ1n) is 21.6. The molecule has 328 valence electrons. The molecule has 4 heterocycles. The number of aliphatic hydroxyl groups is 2. The van der Waals surface area contributed by atoms with Gasteiger partial charge < -0.3 is 39.8 Å². The Labute approximate surface area is 366 Å². The van der Waals surface area contributed by atoms with Crippen molar-refractivity contribution >= 4 is 34.8 Å². The zero-order chi connectivity index (χ0) is 44.4. The molecule has 2 aliphatic heterocycles. The van der Waals surface area contributed by atoms with E-state index in [1.54, 1.807) is 29.2 Å². The highest BCUT2D eigenvalue weighted by molar-refractivity contribution is 5.82. The van der Waals surface area contributed by atoms with Crippen LogP contribution in [-0.4, -0.2) is 76.2 Å². The molecule has 1 unspecified atom stereocenters. The highest BCUT2D eigenvalue weighted by Gasteiger charge is 2.37. The van der Waals surface area contributed by atoms with E-state index >= 15 is 0 Å². The van der Waals surface area contributed by atoms with E-state index in [4.69, 9.17) is 9.97 Å². The smallest absolute Gasteiger partial charge is 0.252 e. The molecule has 3 aliphatic rings. The number of carbonyl (C=O) groups excluding carboxylic acids is 2. The summed E-state index contributed by atoms with van der Waals surface area (Å²) in [5, 5.41) is 27.3. The minimum atomic E-state index is -1.02. The Hall–Kier alpha value is -6.38. The van der Waals surface area contributed by atoms with E-state index in [-0.39, 0.29) is 35.3 Å². The molecule has 12 nitrogen and oxygen atoms in total. The third-order valence-electron chi connectivity index (χ3n) is 12.1. The van der Waals surface area contributed by atoms with Gasteiger partial charge in [-0.15, -0.1) is 0 Å². The largest absolute Gasteiger partial charge is 0.392 e. The van der Waals surface area contributed by atoms with Crippen molar-refractivity contribution < 1.29 is 28.6 Å². The van der Waals surface area contributed by atoms with Gasteiger partial charge in [-0.25, -0.2) is 18.7 Å². The Kier molecular flexibility index (Phi) is 12.7. The molecule has 14 heteroatoms. The number of aryl methyl sites for hydroxylation is 2. The summed E-state index contributed by atoms with van der Waals surface area (Å²) in [5.41, 5.74) is 7.24. The molecule has 2 aromatic heterocycles. The normalized spacial score (nSPS) is 17.4. The first-order valence-corrected chi connectivity index (χ1v) is 21.6. The van der Waals surface area contributed by atoms with E-state index in [0.29, 0.717) is 51.4 Å². The lowest BCUT2D eigenvalue weighted by Gasteiger charge is -2.31. The predicted octanol–water partition coefficient (Wildman–Crippen LogP) is 8.34. The van der Waals surface area contributed by atoms with Gasteiger partial charge in [0.2, 0.25) is 5.91 Å². The number of anilines is 4. The van der Waals surface area contributed by atoms with Crippen LogP contribution in [0.1, 0.15) is 55.9 Å². The third kappa shape index (κ3) is 9.52. The molecule has 0 bridgehead atoms. The molecule has 1 saturated carbocycles. The Morgan fingerprint density at radius 2 is 1.10 bits per heavy atom. The van der Waals surface area contributed by atoms with Crippen LogP contribution in [0.3, 0.4) is 0 Å². The van der Waals surface area contributed by atoms with E-state index in [1.165, 1.54) is 29.8 Å². The molecule has 4 N–H and O–H groups in total. The molecular weight excluding hydrogens is 803 g/mol. The maximum atomic E-state index is 13.5. The number of aromatic nitrogens is 4. The van der Waals surface area contributed by atoms with Crippen LogP contribution in [0, 0.1) is 37.3 Å². The second-order valence-electron chi connectivity index (χ2n) is 17.1. The Morgan fingerprint density at radius 1 is 0.651 bits per heavy atom. The number of imidazole rings is 2. The molecule has 9 rings (SSSR count). The molecule has 1 fully saturated rings. The van der Waals surface area contributed by atoms with Gasteiger partial charge in [0.25, 0.3) is 5.91 Å². The standard InChI is InChI=1S/C25H27FN4O2.C24H27FN4O2/c1-16-5-11-19(12-6-16)27-24-23(17-7-9-18(26)10-8-17)28-22-15-29(13-14-30(22)24)25(32)20-3-2-4-21(20)31;1-15(2)22(30)24(31)28-12-13-29-20(14-28)27-21(17-6-8-18(25)9-7-17)23(29)26-19-10-4-16(3)5-11-19/h5-12,20-21,27,31H,2-4,13-15H2,1H3;4-11,15,22,26,30H,12-14H2,1-3H3/t20-,21-;/m0./s1. The van der Waals surface area contributed by atoms with Crippen LogP contribution in [0.4, 0.5) is 31.8 Å². The zero-order valence-electron chi connectivity index (χ0n) is 36.1. The first-order chi connectivity index (χ1) is 30.3. The average molecular weight is 857 g/mol. The molecule has 0 spiro atoms. The fraction of sp³-hybridized carbons (Fsp3) is 0.347. The van der Waals surface area contributed by atoms with E-state index in [9.17, 15) is 28.6 Å². The van der Waals surface area contributed by atoms with E-state index in [2.05, 4.69) is 19.8 Å². The SMILES string of the molecule is Cc1ccc(Nc2c(-c3ccc(F)cc3)nc3n2CCN(C(=O)C(O)C(C)C)C3)cc1.Cc1ccc(Nc2c(-c3ccc(F)cc3)nc3n2CCN(C(=O)[C@H]2CCC[C@@H]2O)C3)cc1. The fourth-order valence-electron chi connectivity index (χ4n) is 8.39.